The molecule has 2 fully saturated rings. The number of nitrogens with zero attached hydrogens (tertiary/aromatic N) is 2. The maximum atomic E-state index is 12.9. The van der Waals surface area contributed by atoms with Crippen molar-refractivity contribution in [2.45, 2.75) is 38.0 Å². The number of halogens is 4. The number of hydrogen-bond acceptors (Lipinski definition) is 3. The van der Waals surface area contributed by atoms with Crippen molar-refractivity contribution in [3.63, 3.8) is 0 Å². The Labute approximate surface area is 181 Å². The van der Waals surface area contributed by atoms with Crippen molar-refractivity contribution in [1.82, 2.24) is 15.5 Å². The summed E-state index contributed by atoms with van der Waals surface area (Å²) in [5.41, 5.74) is 0.218. The molecule has 2 aliphatic rings. The number of hydrogen-bond donors (Lipinski definition) is 2. The minimum absolute atomic E-state index is 0. The summed E-state index contributed by atoms with van der Waals surface area (Å²) < 4.78 is 44.1. The van der Waals surface area contributed by atoms with Gasteiger partial charge in [-0.05, 0) is 37.5 Å². The number of ether oxygens (including phenoxy) is 1. The number of aliphatic imine (C=N–C) groups is 1. The molecule has 0 spiro atoms. The first-order chi connectivity index (χ1) is 13.0. The van der Waals surface area contributed by atoms with E-state index in [0.29, 0.717) is 25.8 Å². The van der Waals surface area contributed by atoms with Crippen LogP contribution in [0.1, 0.15) is 36.9 Å². The van der Waals surface area contributed by atoms with Gasteiger partial charge in [0, 0.05) is 25.7 Å². The third-order valence-electron chi connectivity index (χ3n) is 4.79. The SMILES string of the molecule is CCNC(=NCC(c1ccc(C(F)(F)F)cc1)N1CCOCC1)NC1CC1.I. The smallest absolute Gasteiger partial charge is 0.379 e. The summed E-state index contributed by atoms with van der Waals surface area (Å²) in [5, 5.41) is 6.62. The summed E-state index contributed by atoms with van der Waals surface area (Å²) in [6, 6.07) is 5.85. The Kier molecular flexibility index (Phi) is 8.81. The normalized spacial score (nSPS) is 19.6. The quantitative estimate of drug-likeness (QED) is 0.349. The van der Waals surface area contributed by atoms with Gasteiger partial charge in [-0.25, -0.2) is 0 Å². The van der Waals surface area contributed by atoms with Crippen molar-refractivity contribution in [3.05, 3.63) is 35.4 Å². The molecular weight excluding hydrogens is 484 g/mol. The summed E-state index contributed by atoms with van der Waals surface area (Å²) in [7, 11) is 0. The van der Waals surface area contributed by atoms with E-state index in [4.69, 9.17) is 9.73 Å². The number of alkyl halides is 3. The maximum Gasteiger partial charge on any atom is 0.416 e. The molecule has 1 atom stereocenters. The van der Waals surface area contributed by atoms with Gasteiger partial charge in [-0.15, -0.1) is 24.0 Å². The van der Waals surface area contributed by atoms with E-state index in [1.54, 1.807) is 12.1 Å². The molecule has 1 saturated heterocycles. The second-order valence-corrected chi connectivity index (χ2v) is 6.92. The number of morpholine rings is 1. The van der Waals surface area contributed by atoms with Crippen LogP contribution in [-0.2, 0) is 10.9 Å². The van der Waals surface area contributed by atoms with E-state index in [0.717, 1.165) is 56.1 Å². The van der Waals surface area contributed by atoms with Crippen molar-refractivity contribution in [2.75, 3.05) is 39.4 Å². The van der Waals surface area contributed by atoms with E-state index in [1.165, 1.54) is 0 Å². The zero-order valence-corrected chi connectivity index (χ0v) is 18.3. The van der Waals surface area contributed by atoms with Crippen LogP contribution in [-0.4, -0.2) is 56.3 Å². The number of benzene rings is 1. The molecule has 1 aromatic carbocycles. The van der Waals surface area contributed by atoms with E-state index in [9.17, 15) is 13.2 Å². The average Bonchev–Trinajstić information content (AvgIpc) is 3.47. The van der Waals surface area contributed by atoms with E-state index in [2.05, 4.69) is 15.5 Å². The molecule has 0 aromatic heterocycles. The Bertz CT molecular complexity index is 629. The summed E-state index contributed by atoms with van der Waals surface area (Å²) in [6.07, 6.45) is -2.02. The van der Waals surface area contributed by atoms with Gasteiger partial charge >= 0.3 is 6.18 Å². The lowest BCUT2D eigenvalue weighted by Crippen LogP contribution is -2.42. The third kappa shape index (κ3) is 6.77. The van der Waals surface area contributed by atoms with Crippen LogP contribution < -0.4 is 10.6 Å². The summed E-state index contributed by atoms with van der Waals surface area (Å²) >= 11 is 0. The molecule has 158 valence electrons. The van der Waals surface area contributed by atoms with Gasteiger partial charge in [0.2, 0.25) is 0 Å². The van der Waals surface area contributed by atoms with Crippen LogP contribution >= 0.6 is 24.0 Å². The molecule has 0 bridgehead atoms. The average molecular weight is 512 g/mol. The molecule has 1 aliphatic heterocycles. The minimum Gasteiger partial charge on any atom is -0.379 e. The van der Waals surface area contributed by atoms with E-state index in [1.807, 2.05) is 6.92 Å². The largest absolute Gasteiger partial charge is 0.416 e. The third-order valence-corrected chi connectivity index (χ3v) is 4.79. The number of nitrogens with one attached hydrogen (secondary N) is 2. The number of rotatable bonds is 6. The Balaban J connectivity index is 0.00000280. The summed E-state index contributed by atoms with van der Waals surface area (Å²) in [4.78, 5) is 6.94. The van der Waals surface area contributed by atoms with Gasteiger partial charge in [0.05, 0.1) is 31.4 Å². The maximum absolute atomic E-state index is 12.9. The predicted molar refractivity (Wildman–Crippen MR) is 114 cm³/mol. The fourth-order valence-corrected chi connectivity index (χ4v) is 3.13. The lowest BCUT2D eigenvalue weighted by atomic mass is 10.0. The van der Waals surface area contributed by atoms with Gasteiger partial charge in [0.25, 0.3) is 0 Å². The standard InChI is InChI=1S/C19H27F3N4O.HI/c1-2-23-18(25-16-7-8-16)24-13-17(26-9-11-27-12-10-26)14-3-5-15(6-4-14)19(20,21)22;/h3-6,16-17H,2,7-13H2,1H3,(H2,23,24,25);1H. The highest BCUT2D eigenvalue weighted by Gasteiger charge is 2.31. The Hall–Kier alpha value is -1.07. The van der Waals surface area contributed by atoms with Crippen LogP contribution in [0, 0.1) is 0 Å². The first-order valence-corrected chi connectivity index (χ1v) is 9.51. The van der Waals surface area contributed by atoms with Gasteiger partial charge in [-0.1, -0.05) is 12.1 Å². The molecule has 0 amide bonds. The van der Waals surface area contributed by atoms with Gasteiger partial charge in [-0.3, -0.25) is 9.89 Å². The topological polar surface area (TPSA) is 48.9 Å². The van der Waals surface area contributed by atoms with Crippen LogP contribution in [0.3, 0.4) is 0 Å². The van der Waals surface area contributed by atoms with Crippen LogP contribution in [0.25, 0.3) is 0 Å². The molecule has 1 aliphatic carbocycles. The zero-order valence-electron chi connectivity index (χ0n) is 16.0. The molecule has 28 heavy (non-hydrogen) atoms. The van der Waals surface area contributed by atoms with Crippen molar-refractivity contribution in [2.24, 2.45) is 4.99 Å². The molecule has 2 N–H and O–H groups in total. The first-order valence-electron chi connectivity index (χ1n) is 9.51. The lowest BCUT2D eigenvalue weighted by molar-refractivity contribution is -0.137. The van der Waals surface area contributed by atoms with Crippen LogP contribution in [0.2, 0.25) is 0 Å². The monoisotopic (exact) mass is 512 g/mol. The van der Waals surface area contributed by atoms with Gasteiger partial charge in [-0.2, -0.15) is 13.2 Å². The highest BCUT2D eigenvalue weighted by Crippen LogP contribution is 2.31. The molecular formula is C19H28F3IN4O. The molecule has 9 heteroatoms. The second kappa shape index (κ2) is 10.6. The van der Waals surface area contributed by atoms with Gasteiger partial charge in [0.1, 0.15) is 0 Å². The molecule has 5 nitrogen and oxygen atoms in total. The molecule has 0 radical (unpaired) electrons. The summed E-state index contributed by atoms with van der Waals surface area (Å²) in [5.74, 6) is 0.769. The minimum atomic E-state index is -4.32. The fourth-order valence-electron chi connectivity index (χ4n) is 3.13. The second-order valence-electron chi connectivity index (χ2n) is 6.92. The Morgan fingerprint density at radius 1 is 1.21 bits per heavy atom. The highest BCUT2D eigenvalue weighted by molar-refractivity contribution is 14.0. The molecule has 3 rings (SSSR count). The van der Waals surface area contributed by atoms with Gasteiger partial charge in [0.15, 0.2) is 5.96 Å². The predicted octanol–water partition coefficient (Wildman–Crippen LogP) is 3.41. The molecule has 1 heterocycles. The molecule has 1 aromatic rings. The van der Waals surface area contributed by atoms with Crippen molar-refractivity contribution in [1.29, 1.82) is 0 Å². The van der Waals surface area contributed by atoms with E-state index >= 15 is 0 Å². The lowest BCUT2D eigenvalue weighted by Gasteiger charge is -2.34. The highest BCUT2D eigenvalue weighted by atomic mass is 127. The van der Waals surface area contributed by atoms with Crippen LogP contribution in [0.4, 0.5) is 13.2 Å². The van der Waals surface area contributed by atoms with E-state index < -0.39 is 11.7 Å². The van der Waals surface area contributed by atoms with Crippen LogP contribution in [0.5, 0.6) is 0 Å². The van der Waals surface area contributed by atoms with Gasteiger partial charge < -0.3 is 15.4 Å². The fraction of sp³-hybridized carbons (Fsp3) is 0.632. The number of guanidine groups is 1. The summed E-state index contributed by atoms with van der Waals surface area (Å²) in [6.45, 7) is 6.00. The Morgan fingerprint density at radius 2 is 1.86 bits per heavy atom. The van der Waals surface area contributed by atoms with Crippen molar-refractivity contribution < 1.29 is 17.9 Å². The zero-order chi connectivity index (χ0) is 19.3. The molecule has 1 unspecified atom stereocenters. The first kappa shape index (κ1) is 23.2. The van der Waals surface area contributed by atoms with Crippen molar-refractivity contribution in [3.8, 4) is 0 Å². The van der Waals surface area contributed by atoms with Crippen molar-refractivity contribution >= 4 is 29.9 Å². The van der Waals surface area contributed by atoms with Crippen LogP contribution in [0.15, 0.2) is 29.3 Å². The van der Waals surface area contributed by atoms with E-state index in [-0.39, 0.29) is 30.0 Å². The molecule has 1 saturated carbocycles. The Morgan fingerprint density at radius 3 is 2.39 bits per heavy atom.